The van der Waals surface area contributed by atoms with Gasteiger partial charge in [-0.1, -0.05) is 0 Å². The maximum absolute atomic E-state index is 12.7. The number of rotatable bonds is 4. The van der Waals surface area contributed by atoms with Crippen LogP contribution in [0.4, 0.5) is 0 Å². The first kappa shape index (κ1) is 17.2. The normalized spacial score (nSPS) is 25.3. The van der Waals surface area contributed by atoms with E-state index in [0.29, 0.717) is 38.8 Å². The van der Waals surface area contributed by atoms with Crippen LogP contribution >= 0.6 is 0 Å². The van der Waals surface area contributed by atoms with Crippen molar-refractivity contribution in [2.45, 2.75) is 57.7 Å². The summed E-state index contributed by atoms with van der Waals surface area (Å²) in [5, 5.41) is 11.7. The van der Waals surface area contributed by atoms with E-state index in [2.05, 4.69) is 5.32 Å². The van der Waals surface area contributed by atoms with Crippen LogP contribution in [0.5, 0.6) is 0 Å². The molecule has 8 heteroatoms. The molecule has 8 nitrogen and oxygen atoms in total. The van der Waals surface area contributed by atoms with Gasteiger partial charge in [0.2, 0.25) is 17.7 Å². The first-order chi connectivity index (χ1) is 10.8. The second kappa shape index (κ2) is 6.97. The number of carbonyl (C=O) groups is 4. The molecule has 0 aromatic carbocycles. The van der Waals surface area contributed by atoms with Crippen molar-refractivity contribution in [2.75, 3.05) is 13.1 Å². The standard InChI is InChI=1S/C15H23N3O5/c1-9(16-10(2)19)13(20)17-7-3-5-11(17)14(21)18-8-4-6-12(18)15(22)23/h9,11-12H,3-8H2,1-2H3,(H,16,19)(H,22,23). The summed E-state index contributed by atoms with van der Waals surface area (Å²) in [6.07, 6.45) is 2.33. The lowest BCUT2D eigenvalue weighted by atomic mass is 10.1. The third kappa shape index (κ3) is 3.62. The number of hydrogen-bond donors (Lipinski definition) is 2. The molecule has 2 rings (SSSR count). The van der Waals surface area contributed by atoms with E-state index in [4.69, 9.17) is 0 Å². The van der Waals surface area contributed by atoms with E-state index in [1.54, 1.807) is 6.92 Å². The molecule has 3 unspecified atom stereocenters. The maximum atomic E-state index is 12.7. The number of amides is 3. The Morgan fingerprint density at radius 2 is 1.61 bits per heavy atom. The zero-order valence-corrected chi connectivity index (χ0v) is 13.4. The minimum absolute atomic E-state index is 0.296. The van der Waals surface area contributed by atoms with Gasteiger partial charge in [0.1, 0.15) is 18.1 Å². The smallest absolute Gasteiger partial charge is 0.326 e. The van der Waals surface area contributed by atoms with E-state index in [9.17, 15) is 24.3 Å². The van der Waals surface area contributed by atoms with Gasteiger partial charge < -0.3 is 20.2 Å². The fraction of sp³-hybridized carbons (Fsp3) is 0.733. The lowest BCUT2D eigenvalue weighted by molar-refractivity contribution is -0.152. The Morgan fingerprint density at radius 1 is 1.04 bits per heavy atom. The highest BCUT2D eigenvalue weighted by atomic mass is 16.4. The van der Waals surface area contributed by atoms with Crippen LogP contribution < -0.4 is 5.32 Å². The van der Waals surface area contributed by atoms with Gasteiger partial charge in [-0.3, -0.25) is 14.4 Å². The second-order valence-electron chi connectivity index (χ2n) is 6.14. The summed E-state index contributed by atoms with van der Waals surface area (Å²) in [5.41, 5.74) is 0. The average molecular weight is 325 g/mol. The highest BCUT2D eigenvalue weighted by molar-refractivity contribution is 5.93. The number of aliphatic carboxylic acids is 1. The van der Waals surface area contributed by atoms with Crippen LogP contribution in [-0.4, -0.2) is 69.8 Å². The van der Waals surface area contributed by atoms with Gasteiger partial charge in [-0.25, -0.2) is 4.79 Å². The summed E-state index contributed by atoms with van der Waals surface area (Å²) < 4.78 is 0. The van der Waals surface area contributed by atoms with Crippen LogP contribution in [0.2, 0.25) is 0 Å². The topological polar surface area (TPSA) is 107 Å². The fourth-order valence-corrected chi connectivity index (χ4v) is 3.38. The highest BCUT2D eigenvalue weighted by Gasteiger charge is 2.42. The summed E-state index contributed by atoms with van der Waals surface area (Å²) in [4.78, 5) is 50.4. The molecule has 2 aliphatic rings. The molecule has 2 heterocycles. The van der Waals surface area contributed by atoms with Gasteiger partial charge in [-0.05, 0) is 32.6 Å². The molecule has 2 saturated heterocycles. The molecule has 0 spiro atoms. The Labute approximate surface area is 134 Å². The number of carboxylic acids is 1. The van der Waals surface area contributed by atoms with Gasteiger partial charge in [-0.2, -0.15) is 0 Å². The van der Waals surface area contributed by atoms with Crippen molar-refractivity contribution in [3.63, 3.8) is 0 Å². The predicted octanol–water partition coefficient (Wildman–Crippen LogP) is -0.422. The quantitative estimate of drug-likeness (QED) is 0.730. The van der Waals surface area contributed by atoms with Crippen molar-refractivity contribution in [1.82, 2.24) is 15.1 Å². The molecule has 0 aliphatic carbocycles. The molecule has 0 radical (unpaired) electrons. The van der Waals surface area contributed by atoms with E-state index in [1.165, 1.54) is 16.7 Å². The third-order valence-corrected chi connectivity index (χ3v) is 4.43. The van der Waals surface area contributed by atoms with E-state index >= 15 is 0 Å². The molecule has 3 amide bonds. The highest BCUT2D eigenvalue weighted by Crippen LogP contribution is 2.25. The Kier molecular flexibility index (Phi) is 5.23. The molecular formula is C15H23N3O5. The lowest BCUT2D eigenvalue weighted by Crippen LogP contribution is -2.54. The van der Waals surface area contributed by atoms with E-state index in [0.717, 1.165) is 0 Å². The summed E-state index contributed by atoms with van der Waals surface area (Å²) in [6, 6.07) is -2.12. The number of nitrogens with zero attached hydrogens (tertiary/aromatic N) is 2. The van der Waals surface area contributed by atoms with Crippen molar-refractivity contribution in [3.05, 3.63) is 0 Å². The van der Waals surface area contributed by atoms with E-state index in [1.807, 2.05) is 0 Å². The summed E-state index contributed by atoms with van der Waals surface area (Å²) in [6.45, 7) is 3.78. The number of hydrogen-bond acceptors (Lipinski definition) is 4. The first-order valence-corrected chi connectivity index (χ1v) is 7.93. The van der Waals surface area contributed by atoms with Gasteiger partial charge in [0.05, 0.1) is 0 Å². The molecule has 23 heavy (non-hydrogen) atoms. The van der Waals surface area contributed by atoms with Crippen molar-refractivity contribution in [1.29, 1.82) is 0 Å². The van der Waals surface area contributed by atoms with Gasteiger partial charge in [0.25, 0.3) is 0 Å². The van der Waals surface area contributed by atoms with Crippen LogP contribution in [0.3, 0.4) is 0 Å². The number of nitrogens with one attached hydrogen (secondary N) is 1. The fourth-order valence-electron chi connectivity index (χ4n) is 3.38. The lowest BCUT2D eigenvalue weighted by Gasteiger charge is -2.31. The van der Waals surface area contributed by atoms with E-state index < -0.39 is 24.1 Å². The molecule has 2 N–H and O–H groups in total. The van der Waals surface area contributed by atoms with Crippen molar-refractivity contribution in [2.24, 2.45) is 0 Å². The molecule has 0 bridgehead atoms. The minimum Gasteiger partial charge on any atom is -0.480 e. The van der Waals surface area contributed by atoms with Gasteiger partial charge in [-0.15, -0.1) is 0 Å². The van der Waals surface area contributed by atoms with Crippen molar-refractivity contribution in [3.8, 4) is 0 Å². The summed E-state index contributed by atoms with van der Waals surface area (Å²) in [5.74, 6) is -1.91. The number of likely N-dealkylation sites (tertiary alicyclic amines) is 2. The van der Waals surface area contributed by atoms with Crippen LogP contribution in [0.1, 0.15) is 39.5 Å². The molecule has 0 aromatic rings. The minimum atomic E-state index is -1.00. The second-order valence-corrected chi connectivity index (χ2v) is 6.14. The maximum Gasteiger partial charge on any atom is 0.326 e. The number of carboxylic acid groups (broad SMARTS) is 1. The SMILES string of the molecule is CC(=O)NC(C)C(=O)N1CCCC1C(=O)N1CCCC1C(=O)O. The monoisotopic (exact) mass is 325 g/mol. The molecular weight excluding hydrogens is 302 g/mol. The molecule has 128 valence electrons. The molecule has 0 saturated carbocycles. The van der Waals surface area contributed by atoms with E-state index in [-0.39, 0.29) is 17.7 Å². The van der Waals surface area contributed by atoms with Crippen LogP contribution in [0.25, 0.3) is 0 Å². The van der Waals surface area contributed by atoms with Crippen LogP contribution in [0.15, 0.2) is 0 Å². The van der Waals surface area contributed by atoms with Crippen LogP contribution in [-0.2, 0) is 19.2 Å². The van der Waals surface area contributed by atoms with Gasteiger partial charge >= 0.3 is 5.97 Å². The average Bonchev–Trinajstić information content (AvgIpc) is 3.13. The zero-order chi connectivity index (χ0) is 17.1. The first-order valence-electron chi connectivity index (χ1n) is 7.93. The predicted molar refractivity (Wildman–Crippen MR) is 80.4 cm³/mol. The molecule has 2 fully saturated rings. The third-order valence-electron chi connectivity index (χ3n) is 4.43. The largest absolute Gasteiger partial charge is 0.480 e. The molecule has 2 aliphatic heterocycles. The Morgan fingerprint density at radius 3 is 2.17 bits per heavy atom. The molecule has 3 atom stereocenters. The summed E-state index contributed by atoms with van der Waals surface area (Å²) >= 11 is 0. The summed E-state index contributed by atoms with van der Waals surface area (Å²) in [7, 11) is 0. The Balaban J connectivity index is 2.09. The zero-order valence-electron chi connectivity index (χ0n) is 13.4. The van der Waals surface area contributed by atoms with Crippen molar-refractivity contribution >= 4 is 23.7 Å². The Bertz CT molecular complexity index is 521. The Hall–Kier alpha value is -2.12. The van der Waals surface area contributed by atoms with Crippen LogP contribution in [0, 0.1) is 0 Å². The van der Waals surface area contributed by atoms with Gasteiger partial charge in [0.15, 0.2) is 0 Å². The van der Waals surface area contributed by atoms with Crippen molar-refractivity contribution < 1.29 is 24.3 Å². The molecule has 0 aromatic heterocycles. The number of carbonyl (C=O) groups excluding carboxylic acids is 3. The van der Waals surface area contributed by atoms with Gasteiger partial charge in [0, 0.05) is 20.0 Å².